The van der Waals surface area contributed by atoms with Crippen molar-refractivity contribution in [2.24, 2.45) is 0 Å². The van der Waals surface area contributed by atoms with E-state index in [4.69, 9.17) is 0 Å². The molecule has 168 valence electrons. The zero-order valence-electron chi connectivity index (χ0n) is 18.2. The lowest BCUT2D eigenvalue weighted by Crippen LogP contribution is -2.19. The van der Waals surface area contributed by atoms with Crippen molar-refractivity contribution in [2.45, 2.75) is 6.54 Å². The summed E-state index contributed by atoms with van der Waals surface area (Å²) in [7, 11) is 2.09. The van der Waals surface area contributed by atoms with E-state index in [0.717, 1.165) is 33.6 Å². The van der Waals surface area contributed by atoms with Gasteiger partial charge in [0.1, 0.15) is 5.52 Å². The Kier molecular flexibility index (Phi) is 7.18. The number of carbonyl (C=O) groups is 1. The highest BCUT2D eigenvalue weighted by Crippen LogP contribution is 2.21. The Balaban J connectivity index is 1.51. The smallest absolute Gasteiger partial charge is 0.247 e. The van der Waals surface area contributed by atoms with Crippen LogP contribution in [0.3, 0.4) is 0 Å². The van der Waals surface area contributed by atoms with Gasteiger partial charge in [0.25, 0.3) is 0 Å². The molecule has 0 atom stereocenters. The van der Waals surface area contributed by atoms with Crippen molar-refractivity contribution in [2.75, 3.05) is 33.6 Å². The predicted molar refractivity (Wildman–Crippen MR) is 142 cm³/mol. The number of nitrogens with zero attached hydrogens (tertiary/aromatic N) is 5. The van der Waals surface area contributed by atoms with Gasteiger partial charge in [-0.3, -0.25) is 4.79 Å². The molecule has 1 amide bonds. The van der Waals surface area contributed by atoms with E-state index in [1.165, 1.54) is 6.08 Å². The van der Waals surface area contributed by atoms with Crippen LogP contribution in [0, 0.1) is 0 Å². The summed E-state index contributed by atoms with van der Waals surface area (Å²) in [5.41, 5.74) is 5.25. The summed E-state index contributed by atoms with van der Waals surface area (Å²) in [5, 5.41) is 6.05. The summed E-state index contributed by atoms with van der Waals surface area (Å²) < 4.78 is 3.03. The monoisotopic (exact) mass is 553 g/mol. The Morgan fingerprint density at radius 2 is 2.00 bits per heavy atom. The maximum atomic E-state index is 11.6. The van der Waals surface area contributed by atoms with Gasteiger partial charge in [0.2, 0.25) is 11.9 Å². The molecule has 0 bridgehead atoms. The number of amides is 1. The van der Waals surface area contributed by atoms with Crippen molar-refractivity contribution in [3.8, 4) is 0 Å². The number of fused-ring (bicyclic) bond motifs is 1. The number of nitrogens with one attached hydrogen (secondary N) is 2. The van der Waals surface area contributed by atoms with Crippen LogP contribution in [-0.4, -0.2) is 43.4 Å². The standard InChI is InChI=1S/C24H24IN7O/c1-3-22(33)28-19-6-4-5-17(13-19)15-32-16-27-21-14-26-24(30-23(21)32)29-18-7-9-20(10-8-18)31(2)12-11-25/h3-10,13-14,16H,1,11-12,15H2,2H3,(H,28,33)(H,26,29,30). The first-order chi connectivity index (χ1) is 16.1. The molecule has 0 aliphatic carbocycles. The highest BCUT2D eigenvalue weighted by molar-refractivity contribution is 14.1. The van der Waals surface area contributed by atoms with Crippen molar-refractivity contribution < 1.29 is 4.79 Å². The second-order valence-corrected chi connectivity index (χ2v) is 8.53. The summed E-state index contributed by atoms with van der Waals surface area (Å²) in [6, 6.07) is 15.9. The number of alkyl halides is 1. The van der Waals surface area contributed by atoms with Crippen LogP contribution in [0.2, 0.25) is 0 Å². The molecule has 0 saturated carbocycles. The fourth-order valence-electron chi connectivity index (χ4n) is 3.35. The average Bonchev–Trinajstić information content (AvgIpc) is 3.22. The quantitative estimate of drug-likeness (QED) is 0.179. The van der Waals surface area contributed by atoms with Crippen LogP contribution in [0.1, 0.15) is 5.56 Å². The maximum absolute atomic E-state index is 11.6. The predicted octanol–water partition coefficient (Wildman–Crippen LogP) is 4.61. The van der Waals surface area contributed by atoms with Gasteiger partial charge in [-0.25, -0.2) is 9.97 Å². The topological polar surface area (TPSA) is 88.0 Å². The zero-order chi connectivity index (χ0) is 23.2. The van der Waals surface area contributed by atoms with Gasteiger partial charge in [-0.1, -0.05) is 41.3 Å². The number of benzene rings is 2. The molecule has 8 nitrogen and oxygen atoms in total. The van der Waals surface area contributed by atoms with Gasteiger partial charge in [0.15, 0.2) is 5.65 Å². The van der Waals surface area contributed by atoms with E-state index in [1.54, 1.807) is 12.5 Å². The summed E-state index contributed by atoms with van der Waals surface area (Å²) in [5.74, 6) is 0.262. The summed E-state index contributed by atoms with van der Waals surface area (Å²) in [6.07, 6.45) is 4.71. The molecule has 9 heteroatoms. The molecule has 2 heterocycles. The molecule has 33 heavy (non-hydrogen) atoms. The normalized spacial score (nSPS) is 10.7. The molecule has 4 aromatic rings. The zero-order valence-corrected chi connectivity index (χ0v) is 20.4. The van der Waals surface area contributed by atoms with Crippen molar-refractivity contribution in [1.82, 2.24) is 19.5 Å². The lowest BCUT2D eigenvalue weighted by atomic mass is 10.2. The molecule has 0 spiro atoms. The first kappa shape index (κ1) is 22.7. The van der Waals surface area contributed by atoms with Crippen LogP contribution in [-0.2, 0) is 11.3 Å². The molecular weight excluding hydrogens is 529 g/mol. The fraction of sp³-hybridized carbons (Fsp3) is 0.167. The van der Waals surface area contributed by atoms with Crippen molar-refractivity contribution in [3.05, 3.63) is 79.3 Å². The molecule has 4 rings (SSSR count). The molecule has 0 saturated heterocycles. The number of imidazole rings is 1. The van der Waals surface area contributed by atoms with Crippen LogP contribution < -0.4 is 15.5 Å². The number of anilines is 4. The van der Waals surface area contributed by atoms with E-state index in [-0.39, 0.29) is 5.91 Å². The average molecular weight is 553 g/mol. The Bertz CT molecular complexity index is 1270. The van der Waals surface area contributed by atoms with Gasteiger partial charge in [0, 0.05) is 35.1 Å². The van der Waals surface area contributed by atoms with E-state index in [9.17, 15) is 4.79 Å². The van der Waals surface area contributed by atoms with E-state index < -0.39 is 0 Å². The minimum Gasteiger partial charge on any atom is -0.374 e. The van der Waals surface area contributed by atoms with E-state index >= 15 is 0 Å². The van der Waals surface area contributed by atoms with Crippen LogP contribution in [0.25, 0.3) is 11.2 Å². The van der Waals surface area contributed by atoms with Crippen molar-refractivity contribution in [3.63, 3.8) is 0 Å². The van der Waals surface area contributed by atoms with Gasteiger partial charge in [-0.2, -0.15) is 4.98 Å². The highest BCUT2D eigenvalue weighted by Gasteiger charge is 2.09. The molecule has 2 N–H and O–H groups in total. The molecule has 0 radical (unpaired) electrons. The lowest BCUT2D eigenvalue weighted by Gasteiger charge is -2.18. The molecule has 2 aromatic carbocycles. The van der Waals surface area contributed by atoms with Gasteiger partial charge < -0.3 is 20.1 Å². The fourth-order valence-corrected chi connectivity index (χ4v) is 4.08. The molecule has 0 aliphatic rings. The lowest BCUT2D eigenvalue weighted by molar-refractivity contribution is -0.111. The number of hydrogen-bond donors (Lipinski definition) is 2. The Hall–Kier alpha value is -3.47. The van der Waals surface area contributed by atoms with Crippen LogP contribution >= 0.6 is 22.6 Å². The van der Waals surface area contributed by atoms with Crippen molar-refractivity contribution in [1.29, 1.82) is 0 Å². The first-order valence-electron chi connectivity index (χ1n) is 10.4. The maximum Gasteiger partial charge on any atom is 0.247 e. The van der Waals surface area contributed by atoms with Crippen LogP contribution in [0.4, 0.5) is 23.0 Å². The summed E-state index contributed by atoms with van der Waals surface area (Å²) in [4.78, 5) is 27.3. The van der Waals surface area contributed by atoms with E-state index in [1.807, 2.05) is 41.0 Å². The van der Waals surface area contributed by atoms with Gasteiger partial charge in [-0.15, -0.1) is 0 Å². The number of carbonyl (C=O) groups excluding carboxylic acids is 1. The number of halogens is 1. The third kappa shape index (κ3) is 5.67. The Morgan fingerprint density at radius 1 is 1.18 bits per heavy atom. The molecule has 0 aliphatic heterocycles. The third-order valence-electron chi connectivity index (χ3n) is 5.08. The first-order valence-corrected chi connectivity index (χ1v) is 11.9. The number of rotatable bonds is 9. The summed E-state index contributed by atoms with van der Waals surface area (Å²) in [6.45, 7) is 5.04. The summed E-state index contributed by atoms with van der Waals surface area (Å²) >= 11 is 2.38. The molecule has 0 unspecified atom stereocenters. The van der Waals surface area contributed by atoms with E-state index in [2.05, 4.69) is 78.8 Å². The van der Waals surface area contributed by atoms with Crippen LogP contribution in [0.15, 0.2) is 73.7 Å². The third-order valence-corrected chi connectivity index (χ3v) is 5.56. The van der Waals surface area contributed by atoms with E-state index in [0.29, 0.717) is 23.7 Å². The van der Waals surface area contributed by atoms with Crippen molar-refractivity contribution >= 4 is 62.7 Å². The Morgan fingerprint density at radius 3 is 2.76 bits per heavy atom. The van der Waals surface area contributed by atoms with Gasteiger partial charge in [0.05, 0.1) is 19.1 Å². The molecule has 2 aromatic heterocycles. The second-order valence-electron chi connectivity index (χ2n) is 7.45. The molecular formula is C24H24IN7O. The minimum absolute atomic E-state index is 0.242. The highest BCUT2D eigenvalue weighted by atomic mass is 127. The van der Waals surface area contributed by atoms with Gasteiger partial charge >= 0.3 is 0 Å². The number of hydrogen-bond acceptors (Lipinski definition) is 6. The molecule has 0 fully saturated rings. The largest absolute Gasteiger partial charge is 0.374 e. The SMILES string of the molecule is C=CC(=O)Nc1cccc(Cn2cnc3cnc(Nc4ccc(N(C)CCI)cc4)nc32)c1. The number of aromatic nitrogens is 4. The second kappa shape index (κ2) is 10.4. The Labute approximate surface area is 205 Å². The minimum atomic E-state index is -0.242. The van der Waals surface area contributed by atoms with Gasteiger partial charge in [-0.05, 0) is 48.0 Å². The van der Waals surface area contributed by atoms with Crippen LogP contribution in [0.5, 0.6) is 0 Å².